The van der Waals surface area contributed by atoms with Crippen LogP contribution in [0.25, 0.3) is 0 Å². The van der Waals surface area contributed by atoms with Gasteiger partial charge in [-0.3, -0.25) is 4.90 Å². The highest BCUT2D eigenvalue weighted by atomic mass is 32.1. The van der Waals surface area contributed by atoms with E-state index in [1.54, 1.807) is 27.3 Å². The first-order chi connectivity index (χ1) is 18.3. The third-order valence-corrected chi connectivity index (χ3v) is 9.13. The Morgan fingerprint density at radius 2 is 1.97 bits per heavy atom. The van der Waals surface area contributed by atoms with E-state index in [0.29, 0.717) is 29.8 Å². The molecule has 3 aliphatic heterocycles. The number of benzene rings is 1. The molecule has 0 amide bonds. The summed E-state index contributed by atoms with van der Waals surface area (Å²) in [4.78, 5) is 10.3. The minimum atomic E-state index is -4.46. The third kappa shape index (κ3) is 4.84. The van der Waals surface area contributed by atoms with Gasteiger partial charge in [0.05, 0.1) is 11.3 Å². The minimum absolute atomic E-state index is 0.124. The van der Waals surface area contributed by atoms with Crippen molar-refractivity contribution in [2.75, 3.05) is 24.5 Å². The van der Waals surface area contributed by atoms with Crippen LogP contribution in [0.5, 0.6) is 0 Å². The van der Waals surface area contributed by atoms with E-state index >= 15 is 0 Å². The number of halogens is 3. The SMILES string of the molecule is C=C1N2C=C(CN3CCC[C@H](C)C3)C=C(C(F)(F)F)C2=CN1c1cccc(C(c2nccs2)C2CCC2)c1. The van der Waals surface area contributed by atoms with Crippen LogP contribution >= 0.6 is 11.3 Å². The van der Waals surface area contributed by atoms with Gasteiger partial charge in [-0.2, -0.15) is 13.2 Å². The van der Waals surface area contributed by atoms with E-state index in [1.165, 1.54) is 31.8 Å². The van der Waals surface area contributed by atoms with Gasteiger partial charge in [0.15, 0.2) is 0 Å². The summed E-state index contributed by atoms with van der Waals surface area (Å²) in [5, 5.41) is 3.11. The highest BCUT2D eigenvalue weighted by Crippen LogP contribution is 2.46. The molecule has 8 heteroatoms. The second-order valence-corrected chi connectivity index (χ2v) is 12.0. The first-order valence-corrected chi connectivity index (χ1v) is 14.4. The molecule has 4 nitrogen and oxygen atoms in total. The van der Waals surface area contributed by atoms with Crippen LogP contribution in [-0.4, -0.2) is 40.6 Å². The normalized spacial score (nSPS) is 23.5. The van der Waals surface area contributed by atoms with E-state index < -0.39 is 11.7 Å². The molecule has 0 bridgehead atoms. The van der Waals surface area contributed by atoms with Crippen molar-refractivity contribution < 1.29 is 13.2 Å². The molecule has 38 heavy (non-hydrogen) atoms. The zero-order valence-electron chi connectivity index (χ0n) is 21.6. The smallest absolute Gasteiger partial charge is 0.301 e. The standard InChI is InChI=1S/C30H33F3N4S/c1-20-6-5-12-35(16-20)17-22-14-26(30(31,32)33)27-19-36(21(2)37(27)18-22)25-10-4-9-24(15-25)28(23-7-3-8-23)29-34-11-13-38-29/h4,9-11,13-15,18-20,23,28H,2-3,5-8,12,16-17H2,1H3/t20-,28?/m0/s1. The quantitative estimate of drug-likeness (QED) is 0.377. The van der Waals surface area contributed by atoms with Gasteiger partial charge < -0.3 is 9.80 Å². The largest absolute Gasteiger partial charge is 0.418 e. The first kappa shape index (κ1) is 25.4. The molecule has 200 valence electrons. The number of thiazole rings is 1. The second-order valence-electron chi connectivity index (χ2n) is 11.0. The lowest BCUT2D eigenvalue weighted by Gasteiger charge is -2.34. The molecule has 4 heterocycles. The topological polar surface area (TPSA) is 22.6 Å². The Kier molecular flexibility index (Phi) is 6.72. The predicted octanol–water partition coefficient (Wildman–Crippen LogP) is 7.63. The number of rotatable bonds is 6. The number of likely N-dealkylation sites (tertiary alicyclic amines) is 1. The number of piperidine rings is 1. The summed E-state index contributed by atoms with van der Waals surface area (Å²) in [6.07, 6.45) is 7.95. The third-order valence-electron chi connectivity index (χ3n) is 8.27. The molecule has 6 rings (SSSR count). The van der Waals surface area contributed by atoms with Gasteiger partial charge in [-0.05, 0) is 73.4 Å². The average molecular weight is 539 g/mol. The van der Waals surface area contributed by atoms with Crippen LogP contribution in [0.15, 0.2) is 83.6 Å². The number of alkyl halides is 3. The number of hydrogen-bond acceptors (Lipinski definition) is 5. The zero-order chi connectivity index (χ0) is 26.4. The van der Waals surface area contributed by atoms with Gasteiger partial charge >= 0.3 is 6.18 Å². The van der Waals surface area contributed by atoms with Crippen molar-refractivity contribution in [2.24, 2.45) is 11.8 Å². The van der Waals surface area contributed by atoms with Crippen molar-refractivity contribution in [3.05, 3.63) is 94.1 Å². The zero-order valence-corrected chi connectivity index (χ0v) is 22.4. The van der Waals surface area contributed by atoms with Crippen LogP contribution in [0.3, 0.4) is 0 Å². The van der Waals surface area contributed by atoms with Gasteiger partial charge in [0.1, 0.15) is 10.8 Å². The second kappa shape index (κ2) is 10.0. The molecule has 1 aromatic carbocycles. The molecule has 0 N–H and O–H groups in total. The molecule has 1 saturated carbocycles. The molecule has 0 spiro atoms. The Morgan fingerprint density at radius 3 is 2.66 bits per heavy atom. The van der Waals surface area contributed by atoms with Crippen LogP contribution in [-0.2, 0) is 0 Å². The minimum Gasteiger partial charge on any atom is -0.301 e. The number of hydrogen-bond donors (Lipinski definition) is 0. The molecule has 2 atom stereocenters. The summed E-state index contributed by atoms with van der Waals surface area (Å²) in [5.41, 5.74) is 2.14. The Hall–Kier alpha value is -2.84. The molecule has 2 fully saturated rings. The summed E-state index contributed by atoms with van der Waals surface area (Å²) < 4.78 is 42.8. The first-order valence-electron chi connectivity index (χ1n) is 13.5. The Bertz CT molecular complexity index is 1290. The number of allylic oxidation sites excluding steroid dienone is 1. The van der Waals surface area contributed by atoms with Crippen molar-refractivity contribution in [3.8, 4) is 0 Å². The fraction of sp³-hybridized carbons (Fsp3) is 0.433. The maximum Gasteiger partial charge on any atom is 0.418 e. The molecule has 1 saturated heterocycles. The van der Waals surface area contributed by atoms with Crippen molar-refractivity contribution in [2.45, 2.75) is 51.1 Å². The number of nitrogens with zero attached hydrogens (tertiary/aromatic N) is 4. The van der Waals surface area contributed by atoms with Crippen LogP contribution in [0.4, 0.5) is 18.9 Å². The van der Waals surface area contributed by atoms with Crippen LogP contribution in [0, 0.1) is 11.8 Å². The molecular formula is C30H33F3N4S. The summed E-state index contributed by atoms with van der Waals surface area (Å²) in [5.74, 6) is 1.82. The fourth-order valence-electron chi connectivity index (χ4n) is 6.19. The average Bonchev–Trinajstić information content (AvgIpc) is 3.49. The van der Waals surface area contributed by atoms with Gasteiger partial charge in [-0.15, -0.1) is 11.3 Å². The molecule has 1 aliphatic carbocycles. The van der Waals surface area contributed by atoms with Gasteiger partial charge in [0, 0.05) is 48.7 Å². The number of aromatic nitrogens is 1. The van der Waals surface area contributed by atoms with E-state index in [1.807, 2.05) is 29.9 Å². The summed E-state index contributed by atoms with van der Waals surface area (Å²) in [6.45, 7) is 8.77. The highest BCUT2D eigenvalue weighted by molar-refractivity contribution is 7.09. The predicted molar refractivity (Wildman–Crippen MR) is 146 cm³/mol. The van der Waals surface area contributed by atoms with E-state index in [2.05, 4.69) is 35.5 Å². The van der Waals surface area contributed by atoms with Crippen molar-refractivity contribution >= 4 is 17.0 Å². The lowest BCUT2D eigenvalue weighted by atomic mass is 9.73. The molecular weight excluding hydrogens is 505 g/mol. The Labute approximate surface area is 226 Å². The maximum absolute atomic E-state index is 14.3. The molecule has 0 radical (unpaired) electrons. The number of fused-ring (bicyclic) bond motifs is 1. The Morgan fingerprint density at radius 1 is 1.13 bits per heavy atom. The lowest BCUT2D eigenvalue weighted by Crippen LogP contribution is -2.36. The van der Waals surface area contributed by atoms with E-state index in [-0.39, 0.29) is 11.6 Å². The van der Waals surface area contributed by atoms with Crippen LogP contribution < -0.4 is 4.90 Å². The molecule has 1 unspecified atom stereocenters. The monoisotopic (exact) mass is 538 g/mol. The van der Waals surface area contributed by atoms with Crippen molar-refractivity contribution in [1.29, 1.82) is 0 Å². The van der Waals surface area contributed by atoms with Crippen molar-refractivity contribution in [3.63, 3.8) is 0 Å². The lowest BCUT2D eigenvalue weighted by molar-refractivity contribution is -0.0909. The van der Waals surface area contributed by atoms with E-state index in [4.69, 9.17) is 0 Å². The highest BCUT2D eigenvalue weighted by Gasteiger charge is 2.43. The maximum atomic E-state index is 14.3. The Balaban J connectivity index is 1.31. The summed E-state index contributed by atoms with van der Waals surface area (Å²) in [6, 6.07) is 8.15. The van der Waals surface area contributed by atoms with E-state index in [9.17, 15) is 13.2 Å². The van der Waals surface area contributed by atoms with Crippen LogP contribution in [0.1, 0.15) is 55.5 Å². The summed E-state index contributed by atoms with van der Waals surface area (Å²) in [7, 11) is 0. The number of anilines is 1. The van der Waals surface area contributed by atoms with Gasteiger partial charge in [-0.1, -0.05) is 32.1 Å². The van der Waals surface area contributed by atoms with Gasteiger partial charge in [0.25, 0.3) is 0 Å². The summed E-state index contributed by atoms with van der Waals surface area (Å²) >= 11 is 1.67. The van der Waals surface area contributed by atoms with Gasteiger partial charge in [-0.25, -0.2) is 4.98 Å². The fourth-order valence-corrected chi connectivity index (χ4v) is 7.05. The van der Waals surface area contributed by atoms with E-state index in [0.717, 1.165) is 35.8 Å². The molecule has 1 aromatic heterocycles. The molecule has 2 aromatic rings. The van der Waals surface area contributed by atoms with Gasteiger partial charge in [0.2, 0.25) is 0 Å². The van der Waals surface area contributed by atoms with Crippen molar-refractivity contribution in [1.82, 2.24) is 14.8 Å². The van der Waals surface area contributed by atoms with Crippen LogP contribution in [0.2, 0.25) is 0 Å². The molecule has 4 aliphatic rings.